The van der Waals surface area contributed by atoms with Crippen molar-refractivity contribution in [3.05, 3.63) is 71.2 Å². The van der Waals surface area contributed by atoms with Crippen molar-refractivity contribution in [1.82, 2.24) is 15.5 Å². The Kier molecular flexibility index (Phi) is 3.85. The molecular weight excluding hydrogens is 337 g/mol. The minimum absolute atomic E-state index is 0.264. The highest BCUT2D eigenvalue weighted by atomic mass is 19.1. The van der Waals surface area contributed by atoms with Crippen LogP contribution in [0.2, 0.25) is 0 Å². The molecule has 0 fully saturated rings. The number of amides is 2. The molecule has 4 rings (SSSR count). The summed E-state index contributed by atoms with van der Waals surface area (Å²) in [4.78, 5) is 24.6. The van der Waals surface area contributed by atoms with E-state index < -0.39 is 11.7 Å². The molecule has 0 radical (unpaired) electrons. The number of aromatic nitrogens is 2. The minimum Gasteiger partial charge on any atom is -0.348 e. The van der Waals surface area contributed by atoms with Crippen molar-refractivity contribution in [1.29, 1.82) is 0 Å². The van der Waals surface area contributed by atoms with Crippen LogP contribution in [0.1, 0.15) is 26.3 Å². The van der Waals surface area contributed by atoms with Crippen LogP contribution in [0.4, 0.5) is 21.6 Å². The molecule has 8 heteroatoms. The van der Waals surface area contributed by atoms with Gasteiger partial charge in [-0.2, -0.15) is 5.10 Å². The van der Waals surface area contributed by atoms with Gasteiger partial charge in [-0.1, -0.05) is 0 Å². The van der Waals surface area contributed by atoms with Gasteiger partial charge in [-0.15, -0.1) is 0 Å². The van der Waals surface area contributed by atoms with Crippen LogP contribution in [0.5, 0.6) is 0 Å². The molecule has 2 amide bonds. The normalized spacial score (nSPS) is 12.4. The number of anilines is 3. The zero-order valence-corrected chi connectivity index (χ0v) is 13.5. The summed E-state index contributed by atoms with van der Waals surface area (Å²) in [7, 11) is 0. The molecule has 26 heavy (non-hydrogen) atoms. The number of nitrogens with one attached hydrogen (secondary N) is 4. The lowest BCUT2D eigenvalue weighted by Gasteiger charge is -2.13. The van der Waals surface area contributed by atoms with Gasteiger partial charge in [0.15, 0.2) is 5.82 Å². The van der Waals surface area contributed by atoms with Crippen LogP contribution in [0.25, 0.3) is 0 Å². The van der Waals surface area contributed by atoms with Crippen molar-refractivity contribution in [2.45, 2.75) is 6.54 Å². The second-order valence-corrected chi connectivity index (χ2v) is 5.74. The van der Waals surface area contributed by atoms with Gasteiger partial charge in [-0.3, -0.25) is 14.7 Å². The van der Waals surface area contributed by atoms with Gasteiger partial charge in [0.2, 0.25) is 0 Å². The third-order valence-electron chi connectivity index (χ3n) is 4.08. The molecule has 0 unspecified atom stereocenters. The Balaban J connectivity index is 1.65. The van der Waals surface area contributed by atoms with E-state index in [0.717, 1.165) is 11.3 Å². The first-order chi connectivity index (χ1) is 12.6. The Morgan fingerprint density at radius 3 is 2.58 bits per heavy atom. The lowest BCUT2D eigenvalue weighted by atomic mass is 10.0. The summed E-state index contributed by atoms with van der Waals surface area (Å²) < 4.78 is 13.0. The van der Waals surface area contributed by atoms with Crippen LogP contribution in [-0.2, 0) is 6.54 Å². The SMILES string of the molecule is O=C(Nc1ccc(Nc2cc[nH]n2)c2c1C(=O)NC2)c1ccc(F)cc1. The predicted octanol–water partition coefficient (Wildman–Crippen LogP) is 2.79. The molecule has 2 aromatic carbocycles. The number of fused-ring (bicyclic) bond motifs is 1. The number of hydrogen-bond acceptors (Lipinski definition) is 4. The Bertz CT molecular complexity index is 984. The van der Waals surface area contributed by atoms with E-state index in [0.29, 0.717) is 29.2 Å². The summed E-state index contributed by atoms with van der Waals surface area (Å²) in [5.74, 6) is -0.481. The Labute approximate surface area is 147 Å². The third kappa shape index (κ3) is 2.88. The molecule has 0 atom stereocenters. The topological polar surface area (TPSA) is 98.9 Å². The molecule has 0 aliphatic carbocycles. The number of rotatable bonds is 4. The molecule has 1 aliphatic rings. The molecule has 0 bridgehead atoms. The summed E-state index contributed by atoms with van der Waals surface area (Å²) in [6.45, 7) is 0.348. The van der Waals surface area contributed by atoms with E-state index in [4.69, 9.17) is 0 Å². The van der Waals surface area contributed by atoms with Gasteiger partial charge >= 0.3 is 0 Å². The van der Waals surface area contributed by atoms with Crippen LogP contribution >= 0.6 is 0 Å². The average Bonchev–Trinajstić information content (AvgIpc) is 3.28. The molecule has 0 saturated carbocycles. The molecule has 130 valence electrons. The van der Waals surface area contributed by atoms with Gasteiger partial charge in [-0.05, 0) is 36.4 Å². The maximum absolute atomic E-state index is 13.0. The van der Waals surface area contributed by atoms with Gasteiger partial charge in [0.25, 0.3) is 11.8 Å². The van der Waals surface area contributed by atoms with Gasteiger partial charge in [0.05, 0.1) is 11.3 Å². The van der Waals surface area contributed by atoms with Gasteiger partial charge in [-0.25, -0.2) is 4.39 Å². The number of carbonyl (C=O) groups excluding carboxylic acids is 2. The van der Waals surface area contributed by atoms with E-state index in [-0.39, 0.29) is 5.91 Å². The van der Waals surface area contributed by atoms with Crippen LogP contribution < -0.4 is 16.0 Å². The van der Waals surface area contributed by atoms with Crippen molar-refractivity contribution >= 4 is 29.0 Å². The molecule has 1 aromatic heterocycles. The summed E-state index contributed by atoms with van der Waals surface area (Å²) in [6, 6.07) is 10.4. The minimum atomic E-state index is -0.421. The van der Waals surface area contributed by atoms with Crippen molar-refractivity contribution < 1.29 is 14.0 Å². The summed E-state index contributed by atoms with van der Waals surface area (Å²) in [5, 5.41) is 15.4. The average molecular weight is 351 g/mol. The van der Waals surface area contributed by atoms with Crippen molar-refractivity contribution in [3.8, 4) is 0 Å². The van der Waals surface area contributed by atoms with E-state index in [9.17, 15) is 14.0 Å². The monoisotopic (exact) mass is 351 g/mol. The number of hydrogen-bond donors (Lipinski definition) is 4. The zero-order chi connectivity index (χ0) is 18.1. The molecule has 0 saturated heterocycles. The van der Waals surface area contributed by atoms with Gasteiger partial charge in [0.1, 0.15) is 5.82 Å². The Hall–Kier alpha value is -3.68. The van der Waals surface area contributed by atoms with Crippen molar-refractivity contribution in [3.63, 3.8) is 0 Å². The molecule has 3 aromatic rings. The van der Waals surface area contributed by atoms with Gasteiger partial charge < -0.3 is 16.0 Å². The molecule has 2 heterocycles. The summed E-state index contributed by atoms with van der Waals surface area (Å²) >= 11 is 0. The molecule has 4 N–H and O–H groups in total. The predicted molar refractivity (Wildman–Crippen MR) is 93.8 cm³/mol. The smallest absolute Gasteiger partial charge is 0.255 e. The molecule has 0 spiro atoms. The highest BCUT2D eigenvalue weighted by molar-refractivity contribution is 6.11. The maximum Gasteiger partial charge on any atom is 0.255 e. The maximum atomic E-state index is 13.0. The zero-order valence-electron chi connectivity index (χ0n) is 13.5. The van der Waals surface area contributed by atoms with Crippen LogP contribution in [0.3, 0.4) is 0 Å². The number of halogens is 1. The highest BCUT2D eigenvalue weighted by Crippen LogP contribution is 2.32. The number of nitrogens with zero attached hydrogens (tertiary/aromatic N) is 1. The van der Waals surface area contributed by atoms with Gasteiger partial charge in [0, 0.05) is 35.6 Å². The fourth-order valence-corrected chi connectivity index (χ4v) is 2.83. The Morgan fingerprint density at radius 1 is 1.08 bits per heavy atom. The van der Waals surface area contributed by atoms with Crippen LogP contribution in [-0.4, -0.2) is 22.0 Å². The standard InChI is InChI=1S/C18H14FN5O2/c19-11-3-1-10(2-4-11)17(25)23-14-6-5-13(22-15-7-8-21-24-15)12-9-20-18(26)16(12)14/h1-8H,9H2,(H,20,26)(H,23,25)(H2,21,22,24). The summed E-state index contributed by atoms with van der Waals surface area (Å²) in [6.07, 6.45) is 1.68. The first-order valence-electron chi connectivity index (χ1n) is 7.89. The first-order valence-corrected chi connectivity index (χ1v) is 7.89. The first kappa shape index (κ1) is 15.8. The molecule has 7 nitrogen and oxygen atoms in total. The highest BCUT2D eigenvalue weighted by Gasteiger charge is 2.26. The van der Waals surface area contributed by atoms with E-state index in [2.05, 4.69) is 26.1 Å². The number of H-pyrrole nitrogens is 1. The largest absolute Gasteiger partial charge is 0.348 e. The fraction of sp³-hybridized carbons (Fsp3) is 0.0556. The van der Waals surface area contributed by atoms with E-state index in [1.807, 2.05) is 0 Å². The Morgan fingerprint density at radius 2 is 1.85 bits per heavy atom. The molecule has 1 aliphatic heterocycles. The number of aromatic amines is 1. The van der Waals surface area contributed by atoms with Crippen molar-refractivity contribution in [2.24, 2.45) is 0 Å². The van der Waals surface area contributed by atoms with E-state index >= 15 is 0 Å². The number of carbonyl (C=O) groups is 2. The van der Waals surface area contributed by atoms with E-state index in [1.54, 1.807) is 24.4 Å². The lowest BCUT2D eigenvalue weighted by Crippen LogP contribution is -2.17. The van der Waals surface area contributed by atoms with Crippen LogP contribution in [0.15, 0.2) is 48.7 Å². The summed E-state index contributed by atoms with van der Waals surface area (Å²) in [5.41, 5.74) is 2.58. The number of benzene rings is 2. The quantitative estimate of drug-likeness (QED) is 0.581. The molecular formula is C18H14FN5O2. The second-order valence-electron chi connectivity index (χ2n) is 5.74. The third-order valence-corrected chi connectivity index (χ3v) is 4.08. The fourth-order valence-electron chi connectivity index (χ4n) is 2.83. The van der Waals surface area contributed by atoms with Crippen molar-refractivity contribution in [2.75, 3.05) is 10.6 Å². The van der Waals surface area contributed by atoms with Crippen LogP contribution in [0, 0.1) is 5.82 Å². The lowest BCUT2D eigenvalue weighted by molar-refractivity contribution is 0.0966. The second kappa shape index (κ2) is 6.32. The van der Waals surface area contributed by atoms with E-state index in [1.165, 1.54) is 24.3 Å².